The second kappa shape index (κ2) is 5.52. The zero-order valence-corrected chi connectivity index (χ0v) is 11.7. The highest BCUT2D eigenvalue weighted by molar-refractivity contribution is 9.10. The highest BCUT2D eigenvalue weighted by Crippen LogP contribution is 2.22. The smallest absolute Gasteiger partial charge is 0.196 e. The summed E-state index contributed by atoms with van der Waals surface area (Å²) in [4.78, 5) is 4.29. The Labute approximate surface area is 113 Å². The van der Waals surface area contributed by atoms with Gasteiger partial charge in [0.05, 0.1) is 4.47 Å². The highest BCUT2D eigenvalue weighted by Gasteiger charge is 2.08. The first-order valence-corrected chi connectivity index (χ1v) is 6.37. The molecule has 0 fully saturated rings. The summed E-state index contributed by atoms with van der Waals surface area (Å²) in [6, 6.07) is 4.50. The van der Waals surface area contributed by atoms with Crippen LogP contribution < -0.4 is 4.74 Å². The quantitative estimate of drug-likeness (QED) is 0.845. The second-order valence-corrected chi connectivity index (χ2v) is 5.05. The third-order valence-corrected chi connectivity index (χ3v) is 2.95. The summed E-state index contributed by atoms with van der Waals surface area (Å²) in [6.45, 7) is 4.31. The van der Waals surface area contributed by atoms with Crippen molar-refractivity contribution < 1.29 is 13.5 Å². The fourth-order valence-corrected chi connectivity index (χ4v) is 1.74. The number of nitrogens with zero attached hydrogens (tertiary/aromatic N) is 1. The summed E-state index contributed by atoms with van der Waals surface area (Å²) in [5, 5.41) is 0. The number of hydrogen-bond donors (Lipinski definition) is 0. The molecule has 1 aromatic heterocycles. The van der Waals surface area contributed by atoms with Crippen LogP contribution in [0.2, 0.25) is 0 Å². The maximum Gasteiger partial charge on any atom is 0.196 e. The van der Waals surface area contributed by atoms with Crippen LogP contribution in [0.15, 0.2) is 33.4 Å². The van der Waals surface area contributed by atoms with Crippen LogP contribution in [0.3, 0.4) is 0 Å². The number of ether oxygens (including phenoxy) is 1. The van der Waals surface area contributed by atoms with Gasteiger partial charge in [-0.2, -0.15) is 0 Å². The van der Waals surface area contributed by atoms with Gasteiger partial charge in [-0.05, 0) is 34.1 Å². The molecule has 0 N–H and O–H groups in total. The van der Waals surface area contributed by atoms with E-state index >= 15 is 0 Å². The average Bonchev–Trinajstić information content (AvgIpc) is 2.79. The molecule has 18 heavy (non-hydrogen) atoms. The summed E-state index contributed by atoms with van der Waals surface area (Å²) in [5.74, 6) is 1.20. The minimum atomic E-state index is -0.314. The van der Waals surface area contributed by atoms with Crippen molar-refractivity contribution in [2.45, 2.75) is 26.4 Å². The van der Waals surface area contributed by atoms with Crippen molar-refractivity contribution in [1.29, 1.82) is 0 Å². The van der Waals surface area contributed by atoms with Crippen molar-refractivity contribution in [1.82, 2.24) is 4.98 Å². The number of rotatable bonds is 4. The SMILES string of the molecule is CC(C)c1nc(COc2ccc(F)c(Br)c2)co1. The maximum absolute atomic E-state index is 13.0. The molecule has 1 aromatic carbocycles. The lowest BCUT2D eigenvalue weighted by Gasteiger charge is -2.04. The molecule has 2 rings (SSSR count). The lowest BCUT2D eigenvalue weighted by Crippen LogP contribution is -1.97. The van der Waals surface area contributed by atoms with Crippen molar-refractivity contribution in [3.63, 3.8) is 0 Å². The predicted octanol–water partition coefficient (Wildman–Crippen LogP) is 4.28. The summed E-state index contributed by atoms with van der Waals surface area (Å²) in [7, 11) is 0. The Balaban J connectivity index is 2.00. The normalized spacial score (nSPS) is 10.9. The van der Waals surface area contributed by atoms with Crippen LogP contribution in [0.25, 0.3) is 0 Å². The van der Waals surface area contributed by atoms with Crippen molar-refractivity contribution in [2.75, 3.05) is 0 Å². The van der Waals surface area contributed by atoms with E-state index in [0.717, 1.165) is 5.69 Å². The van der Waals surface area contributed by atoms with Gasteiger partial charge in [-0.15, -0.1) is 0 Å². The fraction of sp³-hybridized carbons (Fsp3) is 0.308. The van der Waals surface area contributed by atoms with Crippen molar-refractivity contribution in [2.24, 2.45) is 0 Å². The largest absolute Gasteiger partial charge is 0.487 e. The molecule has 0 saturated heterocycles. The molecule has 0 radical (unpaired) electrons. The number of halogens is 2. The van der Waals surface area contributed by atoms with E-state index in [4.69, 9.17) is 9.15 Å². The molecule has 2 aromatic rings. The van der Waals surface area contributed by atoms with Crippen LogP contribution in [-0.4, -0.2) is 4.98 Å². The molecular weight excluding hydrogens is 301 g/mol. The molecule has 0 aliphatic rings. The Bertz CT molecular complexity index is 540. The first-order chi connectivity index (χ1) is 8.56. The molecule has 5 heteroatoms. The summed E-state index contributed by atoms with van der Waals surface area (Å²) >= 11 is 3.11. The molecule has 0 spiro atoms. The third-order valence-electron chi connectivity index (χ3n) is 2.34. The van der Waals surface area contributed by atoms with Crippen LogP contribution in [0, 0.1) is 5.82 Å². The van der Waals surface area contributed by atoms with Crippen molar-refractivity contribution in [3.8, 4) is 5.75 Å². The molecule has 0 unspecified atom stereocenters. The summed E-state index contributed by atoms with van der Waals surface area (Å²) in [6.07, 6.45) is 1.58. The Morgan fingerprint density at radius 2 is 2.22 bits per heavy atom. The van der Waals surface area contributed by atoms with Crippen LogP contribution in [-0.2, 0) is 6.61 Å². The van der Waals surface area contributed by atoms with E-state index in [1.165, 1.54) is 6.07 Å². The lowest BCUT2D eigenvalue weighted by molar-refractivity contribution is 0.300. The zero-order chi connectivity index (χ0) is 13.1. The number of oxazole rings is 1. The molecule has 0 saturated carbocycles. The van der Waals surface area contributed by atoms with Crippen LogP contribution in [0.5, 0.6) is 5.75 Å². The van der Waals surface area contributed by atoms with E-state index < -0.39 is 0 Å². The minimum Gasteiger partial charge on any atom is -0.487 e. The van der Waals surface area contributed by atoms with E-state index in [0.29, 0.717) is 22.7 Å². The van der Waals surface area contributed by atoms with E-state index in [1.54, 1.807) is 18.4 Å². The Morgan fingerprint density at radius 3 is 2.83 bits per heavy atom. The fourth-order valence-electron chi connectivity index (χ4n) is 1.38. The molecule has 0 aliphatic heterocycles. The van der Waals surface area contributed by atoms with Gasteiger partial charge in [0.25, 0.3) is 0 Å². The number of aromatic nitrogens is 1. The maximum atomic E-state index is 13.0. The molecule has 0 atom stereocenters. The summed E-state index contributed by atoms with van der Waals surface area (Å²) < 4.78 is 24.2. The monoisotopic (exact) mass is 313 g/mol. The van der Waals surface area contributed by atoms with E-state index in [9.17, 15) is 4.39 Å². The molecule has 96 valence electrons. The highest BCUT2D eigenvalue weighted by atomic mass is 79.9. The van der Waals surface area contributed by atoms with Crippen molar-refractivity contribution in [3.05, 3.63) is 46.3 Å². The lowest BCUT2D eigenvalue weighted by atomic mass is 10.2. The van der Waals surface area contributed by atoms with Gasteiger partial charge in [-0.1, -0.05) is 13.8 Å². The summed E-state index contributed by atoms with van der Waals surface area (Å²) in [5.41, 5.74) is 0.721. The Hall–Kier alpha value is -1.36. The Morgan fingerprint density at radius 1 is 1.44 bits per heavy atom. The minimum absolute atomic E-state index is 0.249. The van der Waals surface area contributed by atoms with Crippen LogP contribution >= 0.6 is 15.9 Å². The second-order valence-electron chi connectivity index (χ2n) is 4.20. The van der Waals surface area contributed by atoms with Gasteiger partial charge in [0, 0.05) is 5.92 Å². The van der Waals surface area contributed by atoms with Gasteiger partial charge in [0.2, 0.25) is 0 Å². The topological polar surface area (TPSA) is 35.3 Å². The van der Waals surface area contributed by atoms with Gasteiger partial charge in [-0.25, -0.2) is 9.37 Å². The molecule has 1 heterocycles. The van der Waals surface area contributed by atoms with E-state index in [2.05, 4.69) is 20.9 Å². The molecule has 0 aliphatic carbocycles. The van der Waals surface area contributed by atoms with Gasteiger partial charge >= 0.3 is 0 Å². The van der Waals surface area contributed by atoms with Gasteiger partial charge < -0.3 is 9.15 Å². The number of hydrogen-bond acceptors (Lipinski definition) is 3. The standard InChI is InChI=1S/C13H13BrFNO2/c1-8(2)13-16-9(7-18-13)6-17-10-3-4-12(15)11(14)5-10/h3-5,7-8H,6H2,1-2H3. The third kappa shape index (κ3) is 3.10. The van der Waals surface area contributed by atoms with Gasteiger partial charge in [-0.3, -0.25) is 0 Å². The molecule has 0 bridgehead atoms. The van der Waals surface area contributed by atoms with Gasteiger partial charge in [0.15, 0.2) is 5.89 Å². The number of benzene rings is 1. The average molecular weight is 314 g/mol. The van der Waals surface area contributed by atoms with E-state index in [-0.39, 0.29) is 11.7 Å². The predicted molar refractivity (Wildman–Crippen MR) is 69.0 cm³/mol. The zero-order valence-electron chi connectivity index (χ0n) is 10.1. The van der Waals surface area contributed by atoms with Crippen LogP contribution in [0.1, 0.15) is 31.4 Å². The van der Waals surface area contributed by atoms with Crippen LogP contribution in [0.4, 0.5) is 4.39 Å². The molecular formula is C13H13BrFNO2. The van der Waals surface area contributed by atoms with Crippen molar-refractivity contribution >= 4 is 15.9 Å². The first kappa shape index (κ1) is 13.1. The molecule has 3 nitrogen and oxygen atoms in total. The van der Waals surface area contributed by atoms with Gasteiger partial charge in [0.1, 0.15) is 30.1 Å². The molecule has 0 amide bonds. The van der Waals surface area contributed by atoms with E-state index in [1.807, 2.05) is 13.8 Å². The Kier molecular flexibility index (Phi) is 4.01. The first-order valence-electron chi connectivity index (χ1n) is 5.58.